The maximum atomic E-state index is 12.8. The number of fused-ring (bicyclic) bond motifs is 1. The molecule has 0 saturated carbocycles. The number of carbonyl (C=O) groups is 1. The van der Waals surface area contributed by atoms with Gasteiger partial charge in [0.05, 0.1) is 11.7 Å². The summed E-state index contributed by atoms with van der Waals surface area (Å²) in [6, 6.07) is 0.527. The highest BCUT2D eigenvalue weighted by molar-refractivity contribution is 5.82. The summed E-state index contributed by atoms with van der Waals surface area (Å²) in [5, 5.41) is 3.45. The van der Waals surface area contributed by atoms with Gasteiger partial charge in [-0.2, -0.15) is 0 Å². The van der Waals surface area contributed by atoms with Crippen molar-refractivity contribution in [3.63, 3.8) is 0 Å². The number of rotatable bonds is 3. The molecule has 0 bridgehead atoms. The largest absolute Gasteiger partial charge is 0.336 e. The van der Waals surface area contributed by atoms with Gasteiger partial charge in [0.1, 0.15) is 11.9 Å². The maximum absolute atomic E-state index is 12.8. The van der Waals surface area contributed by atoms with Crippen LogP contribution < -0.4 is 16.2 Å². The summed E-state index contributed by atoms with van der Waals surface area (Å²) >= 11 is 0. The molecule has 2 saturated heterocycles. The number of hydrazine groups is 1. The van der Waals surface area contributed by atoms with Gasteiger partial charge in [0.2, 0.25) is 5.91 Å². The van der Waals surface area contributed by atoms with Gasteiger partial charge in [-0.05, 0) is 31.7 Å². The topological polar surface area (TPSA) is 82.2 Å². The van der Waals surface area contributed by atoms with Crippen molar-refractivity contribution in [1.82, 2.24) is 31.0 Å². The van der Waals surface area contributed by atoms with Crippen molar-refractivity contribution in [2.75, 3.05) is 13.1 Å². The molecule has 1 aromatic rings. The van der Waals surface area contributed by atoms with Crippen LogP contribution in [0.5, 0.6) is 0 Å². The monoisotopic (exact) mass is 344 g/mol. The van der Waals surface area contributed by atoms with Crippen molar-refractivity contribution < 1.29 is 4.79 Å². The van der Waals surface area contributed by atoms with Crippen LogP contribution in [0.1, 0.15) is 56.2 Å². The molecule has 136 valence electrons. The summed E-state index contributed by atoms with van der Waals surface area (Å²) in [7, 11) is 0. The van der Waals surface area contributed by atoms with Crippen LogP contribution in [0.4, 0.5) is 0 Å². The smallest absolute Gasteiger partial charge is 0.241 e. The van der Waals surface area contributed by atoms with Gasteiger partial charge in [-0.1, -0.05) is 13.8 Å². The second kappa shape index (κ2) is 6.97. The number of nitrogens with zero attached hydrogens (tertiary/aromatic N) is 3. The minimum absolute atomic E-state index is 0.128. The normalized spacial score (nSPS) is 29.2. The minimum atomic E-state index is -0.128. The molecule has 0 spiro atoms. The second-order valence-corrected chi connectivity index (χ2v) is 7.79. The zero-order chi connectivity index (χ0) is 17.4. The summed E-state index contributed by atoms with van der Waals surface area (Å²) in [5.74, 6) is 1.61. The number of carbonyl (C=O) groups excluding carboxylic acids is 1. The number of hydrogen-bond acceptors (Lipinski definition) is 6. The van der Waals surface area contributed by atoms with Crippen LogP contribution in [0.15, 0.2) is 6.20 Å². The van der Waals surface area contributed by atoms with Gasteiger partial charge >= 0.3 is 0 Å². The van der Waals surface area contributed by atoms with E-state index in [1.165, 1.54) is 6.42 Å². The van der Waals surface area contributed by atoms with E-state index in [-0.39, 0.29) is 11.9 Å². The molecular formula is C18H28N6O. The third-order valence-electron chi connectivity index (χ3n) is 5.67. The Morgan fingerprint density at radius 3 is 2.96 bits per heavy atom. The van der Waals surface area contributed by atoms with Gasteiger partial charge in [0, 0.05) is 37.3 Å². The van der Waals surface area contributed by atoms with E-state index in [1.54, 1.807) is 0 Å². The van der Waals surface area contributed by atoms with Crippen LogP contribution in [0.2, 0.25) is 0 Å². The minimum Gasteiger partial charge on any atom is -0.336 e. The maximum Gasteiger partial charge on any atom is 0.241 e. The Morgan fingerprint density at radius 2 is 2.24 bits per heavy atom. The lowest BCUT2D eigenvalue weighted by molar-refractivity contribution is -0.134. The van der Waals surface area contributed by atoms with Gasteiger partial charge in [0.15, 0.2) is 0 Å². The highest BCUT2D eigenvalue weighted by Crippen LogP contribution is 2.24. The first kappa shape index (κ1) is 16.9. The van der Waals surface area contributed by atoms with Crippen LogP contribution in [-0.2, 0) is 17.8 Å². The van der Waals surface area contributed by atoms with Crippen molar-refractivity contribution in [2.24, 2.45) is 5.92 Å². The van der Waals surface area contributed by atoms with E-state index < -0.39 is 0 Å². The Bertz CT molecular complexity index is 642. The molecule has 25 heavy (non-hydrogen) atoms. The number of nitrogens with one attached hydrogen (secondary N) is 3. The first-order valence-electron chi connectivity index (χ1n) is 9.49. The van der Waals surface area contributed by atoms with Crippen molar-refractivity contribution in [1.29, 1.82) is 0 Å². The highest BCUT2D eigenvalue weighted by Gasteiger charge is 2.35. The van der Waals surface area contributed by atoms with E-state index in [1.807, 2.05) is 11.1 Å². The van der Waals surface area contributed by atoms with Crippen molar-refractivity contribution >= 4 is 5.91 Å². The fourth-order valence-electron chi connectivity index (χ4n) is 3.99. The van der Waals surface area contributed by atoms with Crippen LogP contribution in [0.3, 0.4) is 0 Å². The molecule has 4 heterocycles. The Balaban J connectivity index is 1.41. The Hall–Kier alpha value is -1.57. The Labute approximate surface area is 149 Å². The molecule has 3 aliphatic rings. The standard InChI is InChI=1S/C18H28N6O/c1-11(2)15-8-16(23-22-15)18(25)24-7-5-13-12(10-24)9-20-17(21-13)14-4-3-6-19-14/h9,11,14-16,19,22-23H,3-8,10H2,1-2H3. The Morgan fingerprint density at radius 1 is 1.36 bits per heavy atom. The van der Waals surface area contributed by atoms with Crippen LogP contribution in [0.25, 0.3) is 0 Å². The zero-order valence-electron chi connectivity index (χ0n) is 15.1. The molecule has 3 unspecified atom stereocenters. The van der Waals surface area contributed by atoms with Gasteiger partial charge < -0.3 is 10.2 Å². The molecule has 0 aromatic carbocycles. The van der Waals surface area contributed by atoms with E-state index in [4.69, 9.17) is 4.98 Å². The molecule has 0 radical (unpaired) electrons. The molecular weight excluding hydrogens is 316 g/mol. The molecule has 7 nitrogen and oxygen atoms in total. The Kier molecular flexibility index (Phi) is 4.71. The third-order valence-corrected chi connectivity index (χ3v) is 5.67. The lowest BCUT2D eigenvalue weighted by atomic mass is 9.98. The molecule has 7 heteroatoms. The van der Waals surface area contributed by atoms with E-state index in [9.17, 15) is 4.79 Å². The fourth-order valence-corrected chi connectivity index (χ4v) is 3.99. The first-order valence-corrected chi connectivity index (χ1v) is 9.49. The van der Waals surface area contributed by atoms with Crippen LogP contribution in [-0.4, -0.2) is 45.9 Å². The van der Waals surface area contributed by atoms with Gasteiger partial charge in [-0.15, -0.1) is 0 Å². The predicted molar refractivity (Wildman–Crippen MR) is 94.4 cm³/mol. The average molecular weight is 344 g/mol. The molecule has 3 atom stereocenters. The SMILES string of the molecule is CC(C)C1CC(C(=O)N2CCc3nc(C4CCCN4)ncc3C2)NN1. The highest BCUT2D eigenvalue weighted by atomic mass is 16.2. The summed E-state index contributed by atoms with van der Waals surface area (Å²) < 4.78 is 0. The first-order chi connectivity index (χ1) is 12.1. The zero-order valence-corrected chi connectivity index (χ0v) is 15.1. The van der Waals surface area contributed by atoms with Crippen LogP contribution in [0, 0.1) is 5.92 Å². The summed E-state index contributed by atoms with van der Waals surface area (Å²) in [6.07, 6.45) is 5.89. The quantitative estimate of drug-likeness (QED) is 0.748. The van der Waals surface area contributed by atoms with Gasteiger partial charge in [0.25, 0.3) is 0 Å². The molecule has 0 aliphatic carbocycles. The summed E-state index contributed by atoms with van der Waals surface area (Å²) in [6.45, 7) is 6.77. The van der Waals surface area contributed by atoms with Crippen molar-refractivity contribution in [2.45, 2.75) is 64.2 Å². The molecule has 1 amide bonds. The average Bonchev–Trinajstić information content (AvgIpc) is 3.32. The fraction of sp³-hybridized carbons (Fsp3) is 0.722. The predicted octanol–water partition coefficient (Wildman–Crippen LogP) is 0.677. The molecule has 4 rings (SSSR count). The van der Waals surface area contributed by atoms with E-state index >= 15 is 0 Å². The van der Waals surface area contributed by atoms with Crippen molar-refractivity contribution in [3.8, 4) is 0 Å². The van der Waals surface area contributed by atoms with Crippen LogP contribution >= 0.6 is 0 Å². The lowest BCUT2D eigenvalue weighted by Gasteiger charge is -2.30. The molecule has 1 aromatic heterocycles. The van der Waals surface area contributed by atoms with Gasteiger partial charge in [-0.25, -0.2) is 15.4 Å². The molecule has 3 N–H and O–H groups in total. The van der Waals surface area contributed by atoms with E-state index in [2.05, 4.69) is 35.0 Å². The third kappa shape index (κ3) is 3.41. The van der Waals surface area contributed by atoms with Crippen molar-refractivity contribution in [3.05, 3.63) is 23.3 Å². The lowest BCUT2D eigenvalue weighted by Crippen LogP contribution is -2.47. The summed E-state index contributed by atoms with van der Waals surface area (Å²) in [5.41, 5.74) is 8.63. The molecule has 3 aliphatic heterocycles. The second-order valence-electron chi connectivity index (χ2n) is 7.79. The van der Waals surface area contributed by atoms with Gasteiger partial charge in [-0.3, -0.25) is 10.2 Å². The summed E-state index contributed by atoms with van der Waals surface area (Å²) in [4.78, 5) is 24.1. The van der Waals surface area contributed by atoms with E-state index in [0.29, 0.717) is 24.5 Å². The van der Waals surface area contributed by atoms with E-state index in [0.717, 1.165) is 49.4 Å². The number of hydrogen-bond donors (Lipinski definition) is 3. The molecule has 2 fully saturated rings. The number of amides is 1. The number of aromatic nitrogens is 2.